The molecule has 0 aromatic carbocycles. The Morgan fingerprint density at radius 2 is 2.26 bits per heavy atom. The van der Waals surface area contributed by atoms with Gasteiger partial charge >= 0.3 is 0 Å². The van der Waals surface area contributed by atoms with E-state index in [1.54, 1.807) is 11.8 Å². The van der Waals surface area contributed by atoms with Crippen molar-refractivity contribution in [3.63, 3.8) is 0 Å². The van der Waals surface area contributed by atoms with Crippen molar-refractivity contribution in [1.29, 1.82) is 0 Å². The average molecular weight is 281 g/mol. The second-order valence-electron chi connectivity index (χ2n) is 4.79. The Bertz CT molecular complexity index is 347. The molecule has 2 atom stereocenters. The highest BCUT2D eigenvalue weighted by Crippen LogP contribution is 2.29. The fraction of sp³-hybridized carbons (Fsp3) is 0.667. The lowest BCUT2D eigenvalue weighted by atomic mass is 10.1. The first-order valence-electron chi connectivity index (χ1n) is 7.23. The van der Waals surface area contributed by atoms with Gasteiger partial charge in [-0.15, -0.1) is 0 Å². The molecule has 0 N–H and O–H groups in total. The van der Waals surface area contributed by atoms with Crippen LogP contribution in [0.4, 0.5) is 0 Å². The molecule has 1 fully saturated rings. The highest BCUT2D eigenvalue weighted by Gasteiger charge is 2.23. The summed E-state index contributed by atoms with van der Waals surface area (Å²) in [6, 6.07) is 5.97. The minimum atomic E-state index is -0.0215. The van der Waals surface area contributed by atoms with Gasteiger partial charge in [-0.3, -0.25) is 0 Å². The number of hydrogen-bond donors (Lipinski definition) is 0. The van der Waals surface area contributed by atoms with Gasteiger partial charge in [0.2, 0.25) is 0 Å². The van der Waals surface area contributed by atoms with Crippen molar-refractivity contribution >= 4 is 11.8 Å². The van der Waals surface area contributed by atoms with Crippen molar-refractivity contribution in [1.82, 2.24) is 4.98 Å². The van der Waals surface area contributed by atoms with Gasteiger partial charge < -0.3 is 9.47 Å². The van der Waals surface area contributed by atoms with Crippen LogP contribution >= 0.6 is 11.8 Å². The van der Waals surface area contributed by atoms with E-state index >= 15 is 0 Å². The van der Waals surface area contributed by atoms with Crippen LogP contribution in [0.15, 0.2) is 29.4 Å². The van der Waals surface area contributed by atoms with Crippen molar-refractivity contribution < 1.29 is 9.47 Å². The van der Waals surface area contributed by atoms with Crippen LogP contribution < -0.4 is 0 Å². The van der Waals surface area contributed by atoms with E-state index in [0.29, 0.717) is 0 Å². The second-order valence-corrected chi connectivity index (χ2v) is 5.97. The highest BCUT2D eigenvalue weighted by molar-refractivity contribution is 7.99. The van der Waals surface area contributed by atoms with E-state index in [1.807, 2.05) is 24.4 Å². The van der Waals surface area contributed by atoms with Crippen molar-refractivity contribution in [2.24, 2.45) is 0 Å². The number of thioether (sulfide) groups is 1. The number of aromatic nitrogens is 1. The third-order valence-electron chi connectivity index (χ3n) is 3.14. The Morgan fingerprint density at radius 1 is 1.32 bits per heavy atom. The number of hydrogen-bond acceptors (Lipinski definition) is 4. The van der Waals surface area contributed by atoms with Crippen LogP contribution in [-0.2, 0) is 9.47 Å². The zero-order valence-electron chi connectivity index (χ0n) is 11.6. The monoisotopic (exact) mass is 281 g/mol. The summed E-state index contributed by atoms with van der Waals surface area (Å²) >= 11 is 1.70. The van der Waals surface area contributed by atoms with Crippen LogP contribution in [0.5, 0.6) is 0 Å². The lowest BCUT2D eigenvalue weighted by Gasteiger charge is -2.29. The summed E-state index contributed by atoms with van der Waals surface area (Å²) in [6.45, 7) is 3.02. The molecule has 0 amide bonds. The third kappa shape index (κ3) is 5.51. The Morgan fingerprint density at radius 3 is 3.05 bits per heavy atom. The molecule has 1 aliphatic heterocycles. The van der Waals surface area contributed by atoms with Gasteiger partial charge in [0.15, 0.2) is 6.29 Å². The molecule has 0 saturated carbocycles. The molecule has 0 bridgehead atoms. The second kappa shape index (κ2) is 8.56. The molecule has 0 spiro atoms. The molecule has 4 heteroatoms. The van der Waals surface area contributed by atoms with E-state index in [4.69, 9.17) is 9.47 Å². The quantitative estimate of drug-likeness (QED) is 0.700. The van der Waals surface area contributed by atoms with Crippen LogP contribution in [0, 0.1) is 0 Å². The maximum absolute atomic E-state index is 5.97. The Hall–Kier alpha value is -0.580. The first-order chi connectivity index (χ1) is 9.38. The van der Waals surface area contributed by atoms with E-state index in [1.165, 1.54) is 25.7 Å². The van der Waals surface area contributed by atoms with Gasteiger partial charge in [0, 0.05) is 12.6 Å². The summed E-state index contributed by atoms with van der Waals surface area (Å²) in [4.78, 5) is 4.33. The molecule has 19 heavy (non-hydrogen) atoms. The molecule has 2 rings (SSSR count). The van der Waals surface area contributed by atoms with Crippen LogP contribution in [0.3, 0.4) is 0 Å². The molecule has 0 aliphatic carbocycles. The van der Waals surface area contributed by atoms with Gasteiger partial charge in [-0.1, -0.05) is 44.0 Å². The maximum atomic E-state index is 5.97. The average Bonchev–Trinajstić information content (AvgIpc) is 2.45. The molecule has 3 nitrogen and oxygen atoms in total. The number of pyridine rings is 1. The fourth-order valence-corrected chi connectivity index (χ4v) is 3.04. The number of nitrogens with zero attached hydrogens (tertiary/aromatic N) is 1. The van der Waals surface area contributed by atoms with E-state index in [-0.39, 0.29) is 11.7 Å². The Balaban J connectivity index is 1.71. The van der Waals surface area contributed by atoms with Crippen LogP contribution in [0.1, 0.15) is 45.4 Å². The summed E-state index contributed by atoms with van der Waals surface area (Å²) in [5.74, 6) is 0. The Labute approximate surface area is 120 Å². The lowest BCUT2D eigenvalue weighted by Crippen LogP contribution is -2.30. The van der Waals surface area contributed by atoms with Crippen molar-refractivity contribution in [2.75, 3.05) is 6.61 Å². The summed E-state index contributed by atoms with van der Waals surface area (Å²) in [6.07, 6.45) is 8.79. The number of unbranched alkanes of at least 4 members (excludes halogenated alkanes) is 3. The maximum Gasteiger partial charge on any atom is 0.159 e. The predicted octanol–water partition coefficient (Wildman–Crippen LogP) is 4.23. The van der Waals surface area contributed by atoms with Crippen LogP contribution in [0.2, 0.25) is 0 Å². The molecular formula is C15H23NO2S. The molecule has 2 heterocycles. The van der Waals surface area contributed by atoms with Gasteiger partial charge in [0.1, 0.15) is 5.44 Å². The van der Waals surface area contributed by atoms with Crippen molar-refractivity contribution in [3.8, 4) is 0 Å². The smallest absolute Gasteiger partial charge is 0.159 e. The highest BCUT2D eigenvalue weighted by atomic mass is 32.2. The van der Waals surface area contributed by atoms with E-state index in [2.05, 4.69) is 11.9 Å². The number of ether oxygens (including phenoxy) is 2. The third-order valence-corrected chi connectivity index (χ3v) is 4.24. The van der Waals surface area contributed by atoms with E-state index in [0.717, 1.165) is 24.5 Å². The minimum absolute atomic E-state index is 0.0215. The molecule has 0 unspecified atom stereocenters. The summed E-state index contributed by atoms with van der Waals surface area (Å²) in [5, 5.41) is 1.03. The van der Waals surface area contributed by atoms with E-state index < -0.39 is 0 Å². The first-order valence-corrected chi connectivity index (χ1v) is 8.11. The zero-order valence-corrected chi connectivity index (χ0v) is 12.4. The van der Waals surface area contributed by atoms with Gasteiger partial charge in [-0.05, 0) is 25.0 Å². The molecular weight excluding hydrogens is 258 g/mol. The molecule has 1 aromatic rings. The van der Waals surface area contributed by atoms with Gasteiger partial charge in [0.05, 0.1) is 11.6 Å². The van der Waals surface area contributed by atoms with Crippen molar-refractivity contribution in [2.45, 2.75) is 62.2 Å². The minimum Gasteiger partial charge on any atom is -0.352 e. The lowest BCUT2D eigenvalue weighted by molar-refractivity contribution is -0.192. The Kier molecular flexibility index (Phi) is 6.68. The van der Waals surface area contributed by atoms with Gasteiger partial charge in [0.25, 0.3) is 0 Å². The number of rotatable bonds is 7. The predicted molar refractivity (Wildman–Crippen MR) is 78.1 cm³/mol. The normalized spacial score (nSPS) is 23.4. The first kappa shape index (κ1) is 14.8. The summed E-state index contributed by atoms with van der Waals surface area (Å²) in [7, 11) is 0. The molecule has 106 valence electrons. The molecule has 0 radical (unpaired) electrons. The standard InChI is InChI=1S/C15H23NO2S/c1-2-3-4-5-9-14-17-12-10-15(18-14)19-13-8-6-7-11-16-13/h6-8,11,14-15H,2-5,9-10,12H2,1H3/t14-,15-/m0/s1. The summed E-state index contributed by atoms with van der Waals surface area (Å²) < 4.78 is 11.6. The van der Waals surface area contributed by atoms with Crippen LogP contribution in [0.25, 0.3) is 0 Å². The van der Waals surface area contributed by atoms with Crippen LogP contribution in [-0.4, -0.2) is 23.3 Å². The molecule has 1 aromatic heterocycles. The summed E-state index contributed by atoms with van der Waals surface area (Å²) in [5.41, 5.74) is 0.180. The zero-order chi connectivity index (χ0) is 13.3. The fourth-order valence-electron chi connectivity index (χ4n) is 2.10. The van der Waals surface area contributed by atoms with Gasteiger partial charge in [-0.2, -0.15) is 0 Å². The largest absolute Gasteiger partial charge is 0.352 e. The van der Waals surface area contributed by atoms with E-state index in [9.17, 15) is 0 Å². The topological polar surface area (TPSA) is 31.4 Å². The SMILES string of the molecule is CCCCCC[C@H]1OCC[C@H](Sc2ccccn2)O1. The van der Waals surface area contributed by atoms with Crippen molar-refractivity contribution in [3.05, 3.63) is 24.4 Å². The van der Waals surface area contributed by atoms with Gasteiger partial charge in [-0.25, -0.2) is 4.98 Å². The molecule has 1 saturated heterocycles. The molecule has 1 aliphatic rings.